The second kappa shape index (κ2) is 7.41. The van der Waals surface area contributed by atoms with Gasteiger partial charge in [0.1, 0.15) is 0 Å². The molecule has 1 rings (SSSR count). The van der Waals surface area contributed by atoms with Crippen LogP contribution in [0.5, 0.6) is 0 Å². The zero-order valence-electron chi connectivity index (χ0n) is 10.8. The Bertz CT molecular complexity index is 374. The van der Waals surface area contributed by atoms with E-state index >= 15 is 0 Å². The molecule has 3 nitrogen and oxygen atoms in total. The lowest BCUT2D eigenvalue weighted by Crippen LogP contribution is -2.32. The van der Waals surface area contributed by atoms with Crippen LogP contribution in [0.3, 0.4) is 0 Å². The van der Waals surface area contributed by atoms with E-state index < -0.39 is 11.6 Å². The van der Waals surface area contributed by atoms with Gasteiger partial charge in [0.25, 0.3) is 0 Å². The molecule has 0 aromatic heterocycles. The van der Waals surface area contributed by atoms with Gasteiger partial charge < -0.3 is 10.5 Å². The molecule has 1 unspecified atom stereocenters. The Morgan fingerprint density at radius 2 is 2.11 bits per heavy atom. The summed E-state index contributed by atoms with van der Waals surface area (Å²) in [6.07, 6.45) is 0.820. The standard InChI is InChI=1S/C13H20F2N2O/c1-17(7-4-8-18-2)12(9-16)10-5-3-6-11(14)13(10)15/h3,5-6,12H,4,7-9,16H2,1-2H3. The molecule has 0 aliphatic rings. The van der Waals surface area contributed by atoms with E-state index in [1.165, 1.54) is 6.07 Å². The molecule has 1 aromatic rings. The van der Waals surface area contributed by atoms with Gasteiger partial charge in [-0.25, -0.2) is 8.78 Å². The van der Waals surface area contributed by atoms with Crippen molar-refractivity contribution in [2.24, 2.45) is 5.73 Å². The molecule has 0 heterocycles. The molecular formula is C13H20F2N2O. The quantitative estimate of drug-likeness (QED) is 0.760. The van der Waals surface area contributed by atoms with Gasteiger partial charge in [0, 0.05) is 38.4 Å². The maximum Gasteiger partial charge on any atom is 0.163 e. The van der Waals surface area contributed by atoms with Crippen LogP contribution >= 0.6 is 0 Å². The molecule has 0 saturated heterocycles. The normalized spacial score (nSPS) is 13.0. The van der Waals surface area contributed by atoms with Gasteiger partial charge in [-0.1, -0.05) is 12.1 Å². The predicted molar refractivity (Wildman–Crippen MR) is 67.3 cm³/mol. The van der Waals surface area contributed by atoms with Crippen molar-refractivity contribution in [1.82, 2.24) is 4.90 Å². The summed E-state index contributed by atoms with van der Waals surface area (Å²) in [7, 11) is 3.48. The van der Waals surface area contributed by atoms with E-state index in [2.05, 4.69) is 0 Å². The molecule has 5 heteroatoms. The van der Waals surface area contributed by atoms with Gasteiger partial charge in [-0.05, 0) is 19.5 Å². The fraction of sp³-hybridized carbons (Fsp3) is 0.538. The highest BCUT2D eigenvalue weighted by Crippen LogP contribution is 2.23. The smallest absolute Gasteiger partial charge is 0.163 e. The number of methoxy groups -OCH3 is 1. The molecule has 1 atom stereocenters. The molecule has 0 amide bonds. The van der Waals surface area contributed by atoms with Crippen molar-refractivity contribution in [3.63, 3.8) is 0 Å². The molecule has 0 spiro atoms. The topological polar surface area (TPSA) is 38.5 Å². The molecule has 0 fully saturated rings. The van der Waals surface area contributed by atoms with Crippen molar-refractivity contribution in [2.45, 2.75) is 12.5 Å². The van der Waals surface area contributed by atoms with Crippen molar-refractivity contribution in [3.8, 4) is 0 Å². The Morgan fingerprint density at radius 1 is 1.39 bits per heavy atom. The lowest BCUT2D eigenvalue weighted by Gasteiger charge is -2.27. The zero-order chi connectivity index (χ0) is 13.5. The number of nitrogens with two attached hydrogens (primary N) is 1. The van der Waals surface area contributed by atoms with Crippen LogP contribution in [0.1, 0.15) is 18.0 Å². The first-order valence-corrected chi connectivity index (χ1v) is 5.95. The number of hydrogen-bond donors (Lipinski definition) is 1. The summed E-state index contributed by atoms with van der Waals surface area (Å²) in [5, 5.41) is 0. The van der Waals surface area contributed by atoms with Crippen LogP contribution in [0.15, 0.2) is 18.2 Å². The summed E-state index contributed by atoms with van der Waals surface area (Å²) in [4.78, 5) is 1.91. The minimum absolute atomic E-state index is 0.240. The van der Waals surface area contributed by atoms with Crippen molar-refractivity contribution in [1.29, 1.82) is 0 Å². The zero-order valence-corrected chi connectivity index (χ0v) is 10.8. The number of benzene rings is 1. The molecular weight excluding hydrogens is 238 g/mol. The number of rotatable bonds is 7. The molecule has 0 bridgehead atoms. The summed E-state index contributed by atoms with van der Waals surface area (Å²) >= 11 is 0. The van der Waals surface area contributed by atoms with E-state index in [0.717, 1.165) is 12.5 Å². The molecule has 0 radical (unpaired) electrons. The van der Waals surface area contributed by atoms with Gasteiger partial charge in [0.15, 0.2) is 11.6 Å². The SMILES string of the molecule is COCCCN(C)C(CN)c1cccc(F)c1F. The molecule has 18 heavy (non-hydrogen) atoms. The Morgan fingerprint density at radius 3 is 2.72 bits per heavy atom. The maximum absolute atomic E-state index is 13.7. The Kier molecular flexibility index (Phi) is 6.18. The maximum atomic E-state index is 13.7. The van der Waals surface area contributed by atoms with Crippen LogP contribution in [-0.2, 0) is 4.74 Å². The Balaban J connectivity index is 2.78. The van der Waals surface area contributed by atoms with E-state index in [0.29, 0.717) is 18.7 Å². The van der Waals surface area contributed by atoms with Crippen LogP contribution in [0.25, 0.3) is 0 Å². The van der Waals surface area contributed by atoms with Crippen LogP contribution in [-0.4, -0.2) is 38.8 Å². The van der Waals surface area contributed by atoms with Crippen molar-refractivity contribution >= 4 is 0 Å². The van der Waals surface area contributed by atoms with Gasteiger partial charge >= 0.3 is 0 Å². The van der Waals surface area contributed by atoms with Crippen molar-refractivity contribution < 1.29 is 13.5 Å². The Hall–Kier alpha value is -1.04. The van der Waals surface area contributed by atoms with Crippen molar-refractivity contribution in [2.75, 3.05) is 33.9 Å². The van der Waals surface area contributed by atoms with Crippen LogP contribution in [0.2, 0.25) is 0 Å². The number of hydrogen-bond acceptors (Lipinski definition) is 3. The van der Waals surface area contributed by atoms with Crippen molar-refractivity contribution in [3.05, 3.63) is 35.4 Å². The highest BCUT2D eigenvalue weighted by atomic mass is 19.2. The first-order chi connectivity index (χ1) is 8.61. The molecule has 102 valence electrons. The largest absolute Gasteiger partial charge is 0.385 e. The second-order valence-electron chi connectivity index (χ2n) is 4.22. The predicted octanol–water partition coefficient (Wildman–Crippen LogP) is 1.93. The summed E-state index contributed by atoms with van der Waals surface area (Å²) in [5.41, 5.74) is 5.97. The number of nitrogens with zero attached hydrogens (tertiary/aromatic N) is 1. The van der Waals surface area contributed by atoms with E-state index in [9.17, 15) is 8.78 Å². The third kappa shape index (κ3) is 3.73. The van der Waals surface area contributed by atoms with Crippen LogP contribution in [0, 0.1) is 11.6 Å². The van der Waals surface area contributed by atoms with E-state index in [1.54, 1.807) is 13.2 Å². The highest BCUT2D eigenvalue weighted by molar-refractivity contribution is 5.23. The van der Waals surface area contributed by atoms with Crippen LogP contribution < -0.4 is 5.73 Å². The van der Waals surface area contributed by atoms with Gasteiger partial charge in [0.05, 0.1) is 0 Å². The molecule has 2 N–H and O–H groups in total. The first-order valence-electron chi connectivity index (χ1n) is 5.95. The van der Waals surface area contributed by atoms with E-state index in [-0.39, 0.29) is 12.6 Å². The monoisotopic (exact) mass is 258 g/mol. The average molecular weight is 258 g/mol. The lowest BCUT2D eigenvalue weighted by atomic mass is 10.0. The minimum Gasteiger partial charge on any atom is -0.385 e. The fourth-order valence-electron chi connectivity index (χ4n) is 1.94. The first kappa shape index (κ1) is 15.0. The summed E-state index contributed by atoms with van der Waals surface area (Å²) < 4.78 is 31.9. The fourth-order valence-corrected chi connectivity index (χ4v) is 1.94. The van der Waals surface area contributed by atoms with Gasteiger partial charge in [-0.15, -0.1) is 0 Å². The molecule has 0 aliphatic heterocycles. The van der Waals surface area contributed by atoms with Gasteiger partial charge in [-0.3, -0.25) is 4.90 Å². The minimum atomic E-state index is -0.837. The molecule has 1 aromatic carbocycles. The van der Waals surface area contributed by atoms with E-state index in [1.807, 2.05) is 11.9 Å². The van der Waals surface area contributed by atoms with E-state index in [4.69, 9.17) is 10.5 Å². The van der Waals surface area contributed by atoms with Crippen LogP contribution in [0.4, 0.5) is 8.78 Å². The second-order valence-corrected chi connectivity index (χ2v) is 4.22. The third-order valence-electron chi connectivity index (χ3n) is 2.96. The molecule has 0 saturated carbocycles. The number of ether oxygens (including phenoxy) is 1. The summed E-state index contributed by atoms with van der Waals surface area (Å²) in [6, 6.07) is 3.86. The third-order valence-corrected chi connectivity index (χ3v) is 2.96. The lowest BCUT2D eigenvalue weighted by molar-refractivity contribution is 0.165. The summed E-state index contributed by atoms with van der Waals surface area (Å²) in [6.45, 7) is 1.59. The number of likely N-dealkylation sites (N-methyl/N-ethyl adjacent to an activating group) is 1. The van der Waals surface area contributed by atoms with Gasteiger partial charge in [0.2, 0.25) is 0 Å². The number of halogens is 2. The average Bonchev–Trinajstić information content (AvgIpc) is 2.36. The Labute approximate surface area is 107 Å². The molecule has 0 aliphatic carbocycles. The summed E-state index contributed by atoms with van der Waals surface area (Å²) in [5.74, 6) is -1.65. The van der Waals surface area contributed by atoms with Gasteiger partial charge in [-0.2, -0.15) is 0 Å². The highest BCUT2D eigenvalue weighted by Gasteiger charge is 2.20.